The number of ketones is 1. The molecule has 0 amide bonds. The molecule has 6 aromatic rings. The van der Waals surface area contributed by atoms with E-state index in [1.807, 2.05) is 52.9 Å². The Hall–Kier alpha value is -3.15. The number of thiophene rings is 2. The first-order valence-corrected chi connectivity index (χ1v) is 22.3. The van der Waals surface area contributed by atoms with E-state index >= 15 is 0 Å². The van der Waals surface area contributed by atoms with E-state index in [2.05, 4.69) is 116 Å². The van der Waals surface area contributed by atoms with Gasteiger partial charge in [-0.1, -0.05) is 124 Å². The van der Waals surface area contributed by atoms with Crippen LogP contribution < -0.4 is 0 Å². The molecule has 1 N–H and O–H groups in total. The Morgan fingerprint density at radius 2 is 1.46 bits per heavy atom. The molecule has 0 bridgehead atoms. The molecule has 3 aromatic heterocycles. The van der Waals surface area contributed by atoms with Crippen LogP contribution in [-0.4, -0.2) is 15.9 Å². The summed E-state index contributed by atoms with van der Waals surface area (Å²) in [6.07, 6.45) is 5.89. The topological polar surface area (TPSA) is 50.2 Å². The summed E-state index contributed by atoms with van der Waals surface area (Å²) in [5.41, 5.74) is 8.14. The van der Waals surface area contributed by atoms with Gasteiger partial charge in [-0.15, -0.1) is 51.8 Å². The van der Waals surface area contributed by atoms with Crippen molar-refractivity contribution < 1.29 is 30.0 Å². The maximum absolute atomic E-state index is 12.2. The minimum Gasteiger partial charge on any atom is -0.512 e. The van der Waals surface area contributed by atoms with Crippen molar-refractivity contribution in [3.05, 3.63) is 98.9 Å². The van der Waals surface area contributed by atoms with Gasteiger partial charge < -0.3 is 5.11 Å². The molecule has 0 aliphatic carbocycles. The number of hydrogen-bond acceptors (Lipinski definition) is 5. The number of carbonyl (C=O) groups is 1. The van der Waals surface area contributed by atoms with Crippen LogP contribution in [0.5, 0.6) is 0 Å². The predicted molar refractivity (Wildman–Crippen MR) is 247 cm³/mol. The summed E-state index contributed by atoms with van der Waals surface area (Å²) in [7, 11) is 0. The zero-order valence-corrected chi connectivity index (χ0v) is 40.9. The van der Waals surface area contributed by atoms with E-state index in [-0.39, 0.29) is 47.9 Å². The zero-order valence-electron chi connectivity index (χ0n) is 36.8. The molecule has 57 heavy (non-hydrogen) atoms. The summed E-state index contributed by atoms with van der Waals surface area (Å²) < 4.78 is 1.38. The van der Waals surface area contributed by atoms with E-state index in [0.717, 1.165) is 53.6 Å². The Balaban J connectivity index is 0.000000341. The normalized spacial score (nSPS) is 12.6. The van der Waals surface area contributed by atoms with Crippen molar-refractivity contribution in [3.63, 3.8) is 0 Å². The van der Waals surface area contributed by atoms with Crippen molar-refractivity contribution in [1.82, 2.24) is 4.98 Å². The van der Waals surface area contributed by atoms with Gasteiger partial charge in [0, 0.05) is 62.5 Å². The van der Waals surface area contributed by atoms with Crippen molar-refractivity contribution in [2.75, 3.05) is 0 Å². The second-order valence-corrected chi connectivity index (χ2v) is 20.1. The molecule has 0 unspecified atom stereocenters. The van der Waals surface area contributed by atoms with E-state index in [9.17, 15) is 9.90 Å². The van der Waals surface area contributed by atoms with Crippen molar-refractivity contribution >= 4 is 59.5 Å². The van der Waals surface area contributed by atoms with Gasteiger partial charge in [-0.05, 0) is 97.9 Å². The number of hydrogen-bond donors (Lipinski definition) is 1. The molecular formula is C51H64IrNO2S2-. The molecule has 0 saturated heterocycles. The minimum atomic E-state index is -0.337. The van der Waals surface area contributed by atoms with Gasteiger partial charge in [0.1, 0.15) is 10.6 Å². The first-order chi connectivity index (χ1) is 26.3. The Labute approximate surface area is 364 Å². The second kappa shape index (κ2) is 18.4. The smallest absolute Gasteiger partial charge is 0.164 e. The molecule has 6 heteroatoms. The summed E-state index contributed by atoms with van der Waals surface area (Å²) in [6.45, 7) is 30.3. The summed E-state index contributed by atoms with van der Waals surface area (Å²) >= 11 is 3.77. The SMILES string of the molecule is CCC(C)(CC)C(=O)/C=C(\O)C(C)(CC)CC.Cc1sc2nc(-c3[c-]c4ccccc4c(C(C)(C)C)c3)cc(-c3ccc4c(C)c(CC(C)C)sc4c3)c2c1C.[Ir]. The van der Waals surface area contributed by atoms with E-state index in [4.69, 9.17) is 4.98 Å². The van der Waals surface area contributed by atoms with Crippen molar-refractivity contribution in [3.8, 4) is 22.4 Å². The third kappa shape index (κ3) is 9.67. The van der Waals surface area contributed by atoms with Crippen LogP contribution in [0.4, 0.5) is 0 Å². The molecule has 3 nitrogen and oxygen atoms in total. The largest absolute Gasteiger partial charge is 0.512 e. The zero-order chi connectivity index (χ0) is 41.3. The molecule has 3 heterocycles. The maximum Gasteiger partial charge on any atom is 0.164 e. The van der Waals surface area contributed by atoms with Crippen molar-refractivity contribution in [2.24, 2.45) is 16.7 Å². The van der Waals surface area contributed by atoms with Crippen LogP contribution in [0, 0.1) is 43.6 Å². The van der Waals surface area contributed by atoms with Gasteiger partial charge in [-0.25, -0.2) is 0 Å². The number of aliphatic hydroxyl groups excluding tert-OH is 1. The number of aryl methyl sites for hydroxylation is 3. The average Bonchev–Trinajstić information content (AvgIpc) is 3.64. The molecular weight excluding hydrogens is 915 g/mol. The van der Waals surface area contributed by atoms with E-state index in [1.54, 1.807) is 11.3 Å². The van der Waals surface area contributed by atoms with Crippen LogP contribution in [0.2, 0.25) is 0 Å². The summed E-state index contributed by atoms with van der Waals surface area (Å²) in [4.78, 5) is 21.4. The van der Waals surface area contributed by atoms with Crippen LogP contribution in [0.25, 0.3) is 53.5 Å². The van der Waals surface area contributed by atoms with Crippen LogP contribution >= 0.6 is 22.7 Å². The Morgan fingerprint density at radius 1 is 0.825 bits per heavy atom. The van der Waals surface area contributed by atoms with Crippen LogP contribution in [0.15, 0.2) is 66.4 Å². The number of rotatable bonds is 11. The van der Waals surface area contributed by atoms with Gasteiger partial charge in [0.2, 0.25) is 0 Å². The maximum atomic E-state index is 12.2. The summed E-state index contributed by atoms with van der Waals surface area (Å²) in [6, 6.07) is 24.0. The third-order valence-corrected chi connectivity index (χ3v) is 14.9. The fourth-order valence-electron chi connectivity index (χ4n) is 7.40. The standard InChI is InChI=1S/C36H36NS2.C15H28O2.Ir/c1-20(2)15-32-22(4)27-14-13-25(18-33(27)39-32)29-19-31(37-35-34(29)21(3)23(5)38-35)26-16-24-11-9-10-12-28(24)30(17-26)36(6,7)8;1-7-14(5,8-2)12(16)11-13(17)15(6,9-3)10-4;/h9-14,17-20H,15H2,1-8H3;11,16H,7-10H2,1-6H3;/q-1;;/b;12-11-;. The van der Waals surface area contributed by atoms with Crippen molar-refractivity contribution in [1.29, 1.82) is 0 Å². The quantitative estimate of drug-likeness (QED) is 0.0799. The number of nitrogens with zero attached hydrogens (tertiary/aromatic N) is 1. The number of fused-ring (bicyclic) bond motifs is 3. The van der Waals surface area contributed by atoms with Gasteiger partial charge in [-0.2, -0.15) is 0 Å². The monoisotopic (exact) mass is 979 g/mol. The number of pyridine rings is 1. The Morgan fingerprint density at radius 3 is 2.05 bits per heavy atom. The van der Waals surface area contributed by atoms with Gasteiger partial charge in [0.15, 0.2) is 5.78 Å². The molecule has 0 atom stereocenters. The second-order valence-electron chi connectivity index (χ2n) is 17.8. The Bertz CT molecular complexity index is 2400. The molecule has 6 rings (SSSR count). The van der Waals surface area contributed by atoms with Crippen LogP contribution in [0.1, 0.15) is 128 Å². The summed E-state index contributed by atoms with van der Waals surface area (Å²) in [5.74, 6) is 0.944. The van der Waals surface area contributed by atoms with Crippen molar-refractivity contribution in [2.45, 2.75) is 134 Å². The van der Waals surface area contributed by atoms with Gasteiger partial charge in [0.05, 0.1) is 0 Å². The molecule has 307 valence electrons. The molecule has 0 saturated carbocycles. The number of aromatic nitrogens is 1. The average molecular weight is 979 g/mol. The first-order valence-electron chi connectivity index (χ1n) is 20.6. The molecule has 1 radical (unpaired) electrons. The fourth-order valence-corrected chi connectivity index (χ4v) is 9.92. The van der Waals surface area contributed by atoms with Crippen LogP contribution in [0.3, 0.4) is 0 Å². The third-order valence-electron chi connectivity index (χ3n) is 12.5. The van der Waals surface area contributed by atoms with E-state index in [1.165, 1.54) is 64.5 Å². The fraction of sp³-hybridized carbons (Fsp3) is 0.451. The van der Waals surface area contributed by atoms with Crippen LogP contribution in [-0.2, 0) is 36.7 Å². The molecule has 0 aliphatic rings. The van der Waals surface area contributed by atoms with Gasteiger partial charge >= 0.3 is 0 Å². The number of carbonyl (C=O) groups excluding carboxylic acids is 1. The number of allylic oxidation sites excluding steroid dienone is 2. The van der Waals surface area contributed by atoms with Gasteiger partial charge in [-0.3, -0.25) is 9.78 Å². The van der Waals surface area contributed by atoms with Gasteiger partial charge in [0.25, 0.3) is 0 Å². The predicted octanol–water partition coefficient (Wildman–Crippen LogP) is 15.9. The molecule has 0 aliphatic heterocycles. The number of aliphatic hydroxyl groups is 1. The number of benzene rings is 3. The molecule has 3 aromatic carbocycles. The minimum absolute atomic E-state index is 0. The Kier molecular flexibility index (Phi) is 15.0. The molecule has 0 fully saturated rings. The molecule has 0 spiro atoms. The first kappa shape index (κ1) is 46.5. The summed E-state index contributed by atoms with van der Waals surface area (Å²) in [5, 5.41) is 15.2. The van der Waals surface area contributed by atoms with E-state index < -0.39 is 0 Å². The van der Waals surface area contributed by atoms with E-state index in [0.29, 0.717) is 5.92 Å².